The van der Waals surface area contributed by atoms with E-state index >= 15 is 0 Å². The molecule has 88 valence electrons. The van der Waals surface area contributed by atoms with Crippen LogP contribution in [-0.2, 0) is 6.18 Å². The summed E-state index contributed by atoms with van der Waals surface area (Å²) in [6, 6.07) is 10.9. The molecule has 0 saturated carbocycles. The number of benzene rings is 1. The van der Waals surface area contributed by atoms with Crippen molar-refractivity contribution in [3.63, 3.8) is 0 Å². The van der Waals surface area contributed by atoms with Gasteiger partial charge in [0.2, 0.25) is 0 Å². The lowest BCUT2D eigenvalue weighted by atomic mass is 10.1. The normalized spacial score (nSPS) is 11.5. The van der Waals surface area contributed by atoms with Gasteiger partial charge < -0.3 is 0 Å². The van der Waals surface area contributed by atoms with Crippen LogP contribution in [0.3, 0.4) is 0 Å². The number of nitrogens with zero attached hydrogens (tertiary/aromatic N) is 1. The molecule has 2 aromatic rings. The molecule has 0 bridgehead atoms. The van der Waals surface area contributed by atoms with Crippen LogP contribution in [-0.4, -0.2) is 4.98 Å². The van der Waals surface area contributed by atoms with Gasteiger partial charge in [0.05, 0.1) is 5.69 Å². The number of alkyl halides is 3. The second-order valence-corrected chi connectivity index (χ2v) is 4.33. The van der Waals surface area contributed by atoms with Gasteiger partial charge in [0.15, 0.2) is 0 Å². The summed E-state index contributed by atoms with van der Waals surface area (Å²) in [4.78, 5) is 3.61. The lowest BCUT2D eigenvalue weighted by Crippen LogP contribution is -2.07. The topological polar surface area (TPSA) is 12.9 Å². The number of pyridine rings is 1. The summed E-state index contributed by atoms with van der Waals surface area (Å²) in [7, 11) is 0. The second kappa shape index (κ2) is 4.49. The average Bonchev–Trinajstić information content (AvgIpc) is 2.28. The number of rotatable bonds is 1. The minimum absolute atomic E-state index is 0.307. The highest BCUT2D eigenvalue weighted by atomic mass is 79.9. The zero-order chi connectivity index (χ0) is 12.5. The summed E-state index contributed by atoms with van der Waals surface area (Å²) in [6.07, 6.45) is -4.41. The molecule has 0 atom stereocenters. The second-order valence-electron chi connectivity index (χ2n) is 3.42. The van der Waals surface area contributed by atoms with E-state index in [2.05, 4.69) is 20.9 Å². The monoisotopic (exact) mass is 301 g/mol. The molecule has 0 unspecified atom stereocenters. The number of hydrogen-bond acceptors (Lipinski definition) is 1. The third kappa shape index (κ3) is 2.85. The molecule has 0 spiro atoms. The van der Waals surface area contributed by atoms with Crippen molar-refractivity contribution in [3.05, 3.63) is 52.6 Å². The maximum absolute atomic E-state index is 12.5. The average molecular weight is 302 g/mol. The number of aromatic nitrogens is 1. The maximum atomic E-state index is 12.5. The first-order valence-electron chi connectivity index (χ1n) is 4.77. The molecule has 0 aliphatic carbocycles. The predicted octanol–water partition coefficient (Wildman–Crippen LogP) is 4.53. The first kappa shape index (κ1) is 12.1. The quantitative estimate of drug-likeness (QED) is 0.754. The minimum Gasteiger partial charge on any atom is -0.243 e. The Balaban J connectivity index is 2.47. The molecule has 0 amide bonds. The molecule has 5 heteroatoms. The Bertz CT molecular complexity index is 537. The molecule has 1 heterocycles. The number of halogens is 4. The third-order valence-electron chi connectivity index (χ3n) is 2.16. The van der Waals surface area contributed by atoms with Gasteiger partial charge in [-0.05, 0) is 24.3 Å². The zero-order valence-electron chi connectivity index (χ0n) is 8.50. The standard InChI is InChI=1S/C12H7BrF3N/c13-9-4-1-3-8(7-9)10-5-2-6-11(17-10)12(14,15)16/h1-7H. The van der Waals surface area contributed by atoms with E-state index in [0.29, 0.717) is 11.3 Å². The molecule has 17 heavy (non-hydrogen) atoms. The van der Waals surface area contributed by atoms with E-state index in [1.807, 2.05) is 0 Å². The maximum Gasteiger partial charge on any atom is 0.433 e. The highest BCUT2D eigenvalue weighted by molar-refractivity contribution is 9.10. The van der Waals surface area contributed by atoms with Crippen LogP contribution in [0.1, 0.15) is 5.69 Å². The Morgan fingerprint density at radius 3 is 2.35 bits per heavy atom. The molecule has 0 radical (unpaired) electrons. The van der Waals surface area contributed by atoms with Crippen LogP contribution < -0.4 is 0 Å². The van der Waals surface area contributed by atoms with E-state index in [1.54, 1.807) is 30.3 Å². The molecule has 1 nitrogen and oxygen atoms in total. The van der Waals surface area contributed by atoms with Crippen LogP contribution in [0, 0.1) is 0 Å². The Kier molecular flexibility index (Phi) is 3.19. The van der Waals surface area contributed by atoms with Gasteiger partial charge in [0, 0.05) is 10.0 Å². The lowest BCUT2D eigenvalue weighted by Gasteiger charge is -2.07. The first-order chi connectivity index (χ1) is 7.97. The van der Waals surface area contributed by atoms with Crippen molar-refractivity contribution in [2.45, 2.75) is 6.18 Å². The van der Waals surface area contributed by atoms with E-state index in [9.17, 15) is 13.2 Å². The lowest BCUT2D eigenvalue weighted by molar-refractivity contribution is -0.141. The van der Waals surface area contributed by atoms with Crippen molar-refractivity contribution in [2.75, 3.05) is 0 Å². The van der Waals surface area contributed by atoms with Gasteiger partial charge in [-0.25, -0.2) is 4.98 Å². The number of hydrogen-bond donors (Lipinski definition) is 0. The zero-order valence-corrected chi connectivity index (χ0v) is 10.1. The third-order valence-corrected chi connectivity index (χ3v) is 2.65. The van der Waals surface area contributed by atoms with Gasteiger partial charge in [0.25, 0.3) is 0 Å². The van der Waals surface area contributed by atoms with Crippen molar-refractivity contribution in [3.8, 4) is 11.3 Å². The van der Waals surface area contributed by atoms with E-state index < -0.39 is 11.9 Å². The minimum atomic E-state index is -4.41. The van der Waals surface area contributed by atoms with Gasteiger partial charge >= 0.3 is 6.18 Å². The molecule has 0 aliphatic heterocycles. The van der Waals surface area contributed by atoms with E-state index in [4.69, 9.17) is 0 Å². The van der Waals surface area contributed by atoms with Crippen molar-refractivity contribution < 1.29 is 13.2 Å². The fourth-order valence-corrected chi connectivity index (χ4v) is 1.80. The van der Waals surface area contributed by atoms with Crippen LogP contribution in [0.2, 0.25) is 0 Å². The van der Waals surface area contributed by atoms with E-state index in [0.717, 1.165) is 10.5 Å². The first-order valence-corrected chi connectivity index (χ1v) is 5.56. The summed E-state index contributed by atoms with van der Waals surface area (Å²) in [5, 5.41) is 0. The van der Waals surface area contributed by atoms with Gasteiger partial charge in [-0.3, -0.25) is 0 Å². The van der Waals surface area contributed by atoms with E-state index in [1.165, 1.54) is 6.07 Å². The predicted molar refractivity (Wildman–Crippen MR) is 62.4 cm³/mol. The largest absolute Gasteiger partial charge is 0.433 e. The van der Waals surface area contributed by atoms with Gasteiger partial charge in [0.1, 0.15) is 5.69 Å². The molecule has 0 saturated heterocycles. The van der Waals surface area contributed by atoms with Crippen LogP contribution >= 0.6 is 15.9 Å². The van der Waals surface area contributed by atoms with Crippen molar-refractivity contribution >= 4 is 15.9 Å². The van der Waals surface area contributed by atoms with Crippen molar-refractivity contribution in [1.29, 1.82) is 0 Å². The Labute approximate surface area is 104 Å². The molecule has 0 fully saturated rings. The highest BCUT2D eigenvalue weighted by Crippen LogP contribution is 2.29. The molecular formula is C12H7BrF3N. The summed E-state index contributed by atoms with van der Waals surface area (Å²) in [6.45, 7) is 0. The Morgan fingerprint density at radius 2 is 1.71 bits per heavy atom. The van der Waals surface area contributed by atoms with Crippen LogP contribution in [0.15, 0.2) is 46.9 Å². The SMILES string of the molecule is FC(F)(F)c1cccc(-c2cccc(Br)c2)n1. The molecule has 1 aromatic heterocycles. The van der Waals surface area contributed by atoms with Crippen LogP contribution in [0.25, 0.3) is 11.3 Å². The molecule has 0 N–H and O–H groups in total. The van der Waals surface area contributed by atoms with Gasteiger partial charge in [-0.1, -0.05) is 34.1 Å². The van der Waals surface area contributed by atoms with Crippen molar-refractivity contribution in [1.82, 2.24) is 4.98 Å². The summed E-state index contributed by atoms with van der Waals surface area (Å²) >= 11 is 3.27. The van der Waals surface area contributed by atoms with Crippen LogP contribution in [0.4, 0.5) is 13.2 Å². The molecule has 2 rings (SSSR count). The summed E-state index contributed by atoms with van der Waals surface area (Å²) < 4.78 is 38.3. The summed E-state index contributed by atoms with van der Waals surface area (Å²) in [5.41, 5.74) is 0.0709. The fraction of sp³-hybridized carbons (Fsp3) is 0.0833. The van der Waals surface area contributed by atoms with E-state index in [-0.39, 0.29) is 0 Å². The molecular weight excluding hydrogens is 295 g/mol. The Morgan fingerprint density at radius 1 is 1.00 bits per heavy atom. The highest BCUT2D eigenvalue weighted by Gasteiger charge is 2.32. The smallest absolute Gasteiger partial charge is 0.243 e. The van der Waals surface area contributed by atoms with Crippen LogP contribution in [0.5, 0.6) is 0 Å². The van der Waals surface area contributed by atoms with Gasteiger partial charge in [-0.15, -0.1) is 0 Å². The Hall–Kier alpha value is -1.36. The van der Waals surface area contributed by atoms with Crippen molar-refractivity contribution in [2.24, 2.45) is 0 Å². The molecule has 0 aliphatic rings. The fourth-order valence-electron chi connectivity index (χ4n) is 1.40. The molecule has 1 aromatic carbocycles. The van der Waals surface area contributed by atoms with Gasteiger partial charge in [-0.2, -0.15) is 13.2 Å². The summed E-state index contributed by atoms with van der Waals surface area (Å²) in [5.74, 6) is 0.